The molecule has 1 atom stereocenters. The average Bonchev–Trinajstić information content (AvgIpc) is 2.37. The molecule has 2 rings (SSSR count). The molecule has 0 bridgehead atoms. The lowest BCUT2D eigenvalue weighted by Gasteiger charge is -2.39. The van der Waals surface area contributed by atoms with E-state index in [-0.39, 0.29) is 5.91 Å². The summed E-state index contributed by atoms with van der Waals surface area (Å²) in [7, 11) is 0. The molecule has 4 nitrogen and oxygen atoms in total. The van der Waals surface area contributed by atoms with E-state index < -0.39 is 0 Å². The summed E-state index contributed by atoms with van der Waals surface area (Å²) in [6.45, 7) is 7.93. The molecule has 1 aliphatic rings. The number of hydrogen-bond donors (Lipinski definition) is 0. The number of carbonyl (C=O) groups excluding carboxylic acids is 1. The van der Waals surface area contributed by atoms with Gasteiger partial charge in [-0.25, -0.2) is 4.98 Å². The van der Waals surface area contributed by atoms with Gasteiger partial charge in [0.25, 0.3) is 5.91 Å². The van der Waals surface area contributed by atoms with Crippen LogP contribution in [-0.4, -0.2) is 52.9 Å². The highest BCUT2D eigenvalue weighted by molar-refractivity contribution is 9.10. The molecule has 0 spiro atoms. The number of amides is 1. The third kappa shape index (κ3) is 2.90. The molecule has 1 aromatic rings. The molecule has 18 heavy (non-hydrogen) atoms. The number of likely N-dealkylation sites (N-methyl/N-ethyl adjacent to an activating group) is 1. The van der Waals surface area contributed by atoms with E-state index in [0.717, 1.165) is 26.2 Å². The van der Waals surface area contributed by atoms with Crippen molar-refractivity contribution in [1.29, 1.82) is 0 Å². The number of pyridine rings is 1. The first-order valence-corrected chi connectivity index (χ1v) is 7.06. The van der Waals surface area contributed by atoms with Crippen molar-refractivity contribution in [3.05, 3.63) is 28.5 Å². The molecule has 0 aliphatic carbocycles. The molecule has 1 saturated heterocycles. The average molecular weight is 312 g/mol. The van der Waals surface area contributed by atoms with Crippen LogP contribution in [0.25, 0.3) is 0 Å². The van der Waals surface area contributed by atoms with Gasteiger partial charge >= 0.3 is 0 Å². The lowest BCUT2D eigenvalue weighted by atomic mass is 10.1. The topological polar surface area (TPSA) is 36.4 Å². The molecule has 0 radical (unpaired) electrons. The second-order valence-corrected chi connectivity index (χ2v) is 5.41. The summed E-state index contributed by atoms with van der Waals surface area (Å²) in [4.78, 5) is 20.7. The van der Waals surface area contributed by atoms with Crippen molar-refractivity contribution < 1.29 is 4.79 Å². The summed E-state index contributed by atoms with van der Waals surface area (Å²) in [5.74, 6) is 0.0979. The number of halogens is 1. The minimum atomic E-state index is 0.0979. The SMILES string of the molecule is CCN1CCN(C(=O)c2ccnc(Br)c2)CC1C. The van der Waals surface area contributed by atoms with Gasteiger partial charge in [-0.1, -0.05) is 6.92 Å². The number of carbonyl (C=O) groups is 1. The second kappa shape index (κ2) is 5.80. The Balaban J connectivity index is 2.07. The van der Waals surface area contributed by atoms with Gasteiger partial charge in [-0.2, -0.15) is 0 Å². The van der Waals surface area contributed by atoms with Crippen molar-refractivity contribution in [2.45, 2.75) is 19.9 Å². The van der Waals surface area contributed by atoms with E-state index in [1.54, 1.807) is 18.3 Å². The molecule has 0 aromatic carbocycles. The maximum Gasteiger partial charge on any atom is 0.254 e. The number of rotatable bonds is 2. The summed E-state index contributed by atoms with van der Waals surface area (Å²) >= 11 is 3.30. The fourth-order valence-corrected chi connectivity index (χ4v) is 2.73. The zero-order valence-electron chi connectivity index (χ0n) is 10.8. The highest BCUT2D eigenvalue weighted by Crippen LogP contribution is 2.14. The standard InChI is InChI=1S/C13H18BrN3O/c1-3-16-6-7-17(9-10(16)2)13(18)11-4-5-15-12(14)8-11/h4-5,8,10H,3,6-7,9H2,1-2H3. The van der Waals surface area contributed by atoms with Crippen LogP contribution in [0.4, 0.5) is 0 Å². The lowest BCUT2D eigenvalue weighted by Crippen LogP contribution is -2.53. The molecule has 98 valence electrons. The van der Waals surface area contributed by atoms with Crippen molar-refractivity contribution in [1.82, 2.24) is 14.8 Å². The van der Waals surface area contributed by atoms with Crippen LogP contribution in [0.1, 0.15) is 24.2 Å². The van der Waals surface area contributed by atoms with Crippen molar-refractivity contribution in [2.75, 3.05) is 26.2 Å². The first-order chi connectivity index (χ1) is 8.61. The Hall–Kier alpha value is -0.940. The molecule has 1 amide bonds. The minimum absolute atomic E-state index is 0.0979. The molecule has 2 heterocycles. The molecule has 5 heteroatoms. The zero-order chi connectivity index (χ0) is 13.1. The van der Waals surface area contributed by atoms with Crippen LogP contribution in [0, 0.1) is 0 Å². The molecule has 1 aromatic heterocycles. The maximum absolute atomic E-state index is 12.4. The normalized spacial score (nSPS) is 21.1. The van der Waals surface area contributed by atoms with Gasteiger partial charge in [0.05, 0.1) is 0 Å². The zero-order valence-corrected chi connectivity index (χ0v) is 12.4. The molecule has 1 aliphatic heterocycles. The lowest BCUT2D eigenvalue weighted by molar-refractivity contribution is 0.0528. The van der Waals surface area contributed by atoms with Crippen molar-refractivity contribution in [3.63, 3.8) is 0 Å². The molecule has 0 saturated carbocycles. The third-order valence-corrected chi connectivity index (χ3v) is 3.87. The van der Waals surface area contributed by atoms with Gasteiger partial charge in [0, 0.05) is 37.4 Å². The summed E-state index contributed by atoms with van der Waals surface area (Å²) in [5.41, 5.74) is 0.703. The van der Waals surface area contributed by atoms with E-state index in [1.807, 2.05) is 4.90 Å². The fourth-order valence-electron chi connectivity index (χ4n) is 2.37. The number of nitrogens with zero attached hydrogens (tertiary/aromatic N) is 3. The minimum Gasteiger partial charge on any atom is -0.336 e. The van der Waals surface area contributed by atoms with Crippen LogP contribution >= 0.6 is 15.9 Å². The number of piperazine rings is 1. The van der Waals surface area contributed by atoms with Crippen molar-refractivity contribution in [2.24, 2.45) is 0 Å². The molecular weight excluding hydrogens is 294 g/mol. The number of aromatic nitrogens is 1. The van der Waals surface area contributed by atoms with Gasteiger partial charge in [-0.05, 0) is 41.5 Å². The molecular formula is C13H18BrN3O. The first kappa shape index (κ1) is 13.5. The molecule has 0 N–H and O–H groups in total. The van der Waals surface area contributed by atoms with Crippen molar-refractivity contribution >= 4 is 21.8 Å². The van der Waals surface area contributed by atoms with Gasteiger partial charge in [0.1, 0.15) is 4.60 Å². The van der Waals surface area contributed by atoms with E-state index in [1.165, 1.54) is 0 Å². The van der Waals surface area contributed by atoms with E-state index >= 15 is 0 Å². The summed E-state index contributed by atoms with van der Waals surface area (Å²) in [6.07, 6.45) is 1.66. The smallest absolute Gasteiger partial charge is 0.254 e. The van der Waals surface area contributed by atoms with Crippen LogP contribution in [0.3, 0.4) is 0 Å². The monoisotopic (exact) mass is 311 g/mol. The Kier molecular flexibility index (Phi) is 4.35. The Morgan fingerprint density at radius 2 is 2.33 bits per heavy atom. The Morgan fingerprint density at radius 1 is 1.56 bits per heavy atom. The van der Waals surface area contributed by atoms with E-state index in [0.29, 0.717) is 16.2 Å². The van der Waals surface area contributed by atoms with Gasteiger partial charge in [0.15, 0.2) is 0 Å². The fraction of sp³-hybridized carbons (Fsp3) is 0.538. The van der Waals surface area contributed by atoms with Gasteiger partial charge < -0.3 is 4.90 Å². The summed E-state index contributed by atoms with van der Waals surface area (Å²) < 4.78 is 0.702. The highest BCUT2D eigenvalue weighted by atomic mass is 79.9. The van der Waals surface area contributed by atoms with Crippen molar-refractivity contribution in [3.8, 4) is 0 Å². The largest absolute Gasteiger partial charge is 0.336 e. The van der Waals surface area contributed by atoms with Gasteiger partial charge in [-0.15, -0.1) is 0 Å². The van der Waals surface area contributed by atoms with E-state index in [2.05, 4.69) is 39.7 Å². The summed E-state index contributed by atoms with van der Waals surface area (Å²) in [6, 6.07) is 3.97. The molecule has 1 unspecified atom stereocenters. The Morgan fingerprint density at radius 3 is 2.94 bits per heavy atom. The molecule has 1 fully saturated rings. The highest BCUT2D eigenvalue weighted by Gasteiger charge is 2.26. The van der Waals surface area contributed by atoms with Gasteiger partial charge in [-0.3, -0.25) is 9.69 Å². The Bertz CT molecular complexity index is 438. The van der Waals surface area contributed by atoms with Crippen LogP contribution in [0.15, 0.2) is 22.9 Å². The first-order valence-electron chi connectivity index (χ1n) is 6.26. The van der Waals surface area contributed by atoms with Crippen LogP contribution in [0.2, 0.25) is 0 Å². The predicted molar refractivity (Wildman–Crippen MR) is 74.5 cm³/mol. The van der Waals surface area contributed by atoms with E-state index in [4.69, 9.17) is 0 Å². The van der Waals surface area contributed by atoms with Crippen LogP contribution < -0.4 is 0 Å². The van der Waals surface area contributed by atoms with Crippen LogP contribution in [-0.2, 0) is 0 Å². The second-order valence-electron chi connectivity index (χ2n) is 4.60. The maximum atomic E-state index is 12.4. The third-order valence-electron chi connectivity index (χ3n) is 3.43. The van der Waals surface area contributed by atoms with E-state index in [9.17, 15) is 4.79 Å². The summed E-state index contributed by atoms with van der Waals surface area (Å²) in [5, 5.41) is 0. The predicted octanol–water partition coefficient (Wildman–Crippen LogP) is 2.01. The quantitative estimate of drug-likeness (QED) is 0.784. The van der Waals surface area contributed by atoms with Crippen LogP contribution in [0.5, 0.6) is 0 Å². The number of hydrogen-bond acceptors (Lipinski definition) is 3. The van der Waals surface area contributed by atoms with Gasteiger partial charge in [0.2, 0.25) is 0 Å². The Labute approximate surface area is 116 Å².